The van der Waals surface area contributed by atoms with Crippen LogP contribution in [0.5, 0.6) is 0 Å². The summed E-state index contributed by atoms with van der Waals surface area (Å²) in [6, 6.07) is 17.9. The van der Waals surface area contributed by atoms with Crippen LogP contribution in [0.25, 0.3) is 0 Å². The highest BCUT2D eigenvalue weighted by atomic mass is 19.1. The van der Waals surface area contributed by atoms with E-state index >= 15 is 0 Å². The Labute approximate surface area is 184 Å². The molecular formula is C23H20FN7O. The van der Waals surface area contributed by atoms with Gasteiger partial charge in [-0.1, -0.05) is 6.07 Å². The second-order valence-electron chi connectivity index (χ2n) is 6.92. The zero-order valence-corrected chi connectivity index (χ0v) is 17.1. The number of hydrogen-bond acceptors (Lipinski definition) is 6. The van der Waals surface area contributed by atoms with Crippen molar-refractivity contribution < 1.29 is 9.18 Å². The molecule has 32 heavy (non-hydrogen) atoms. The second kappa shape index (κ2) is 9.52. The van der Waals surface area contributed by atoms with Crippen LogP contribution in [0.3, 0.4) is 0 Å². The van der Waals surface area contributed by atoms with Gasteiger partial charge in [-0.3, -0.25) is 0 Å². The minimum Gasteiger partial charge on any atom is -0.340 e. The van der Waals surface area contributed by atoms with Crippen molar-refractivity contribution in [1.29, 1.82) is 0 Å². The summed E-state index contributed by atoms with van der Waals surface area (Å²) in [4.78, 5) is 24.8. The van der Waals surface area contributed by atoms with Crippen molar-refractivity contribution in [2.24, 2.45) is 0 Å². The zero-order chi connectivity index (χ0) is 22.3. The van der Waals surface area contributed by atoms with Gasteiger partial charge >= 0.3 is 6.03 Å². The Kier molecular flexibility index (Phi) is 6.17. The minimum absolute atomic E-state index is 0.370. The fraction of sp³-hybridized carbons (Fsp3) is 0.0435. The summed E-state index contributed by atoms with van der Waals surface area (Å²) in [5.41, 5.74) is 2.82. The number of aromatic nitrogens is 3. The van der Waals surface area contributed by atoms with Crippen LogP contribution in [0.2, 0.25) is 0 Å². The molecule has 0 aliphatic carbocycles. The van der Waals surface area contributed by atoms with Crippen LogP contribution < -0.4 is 21.3 Å². The van der Waals surface area contributed by atoms with Gasteiger partial charge in [-0.25, -0.2) is 24.1 Å². The maximum atomic E-state index is 13.2. The molecule has 0 bridgehead atoms. The number of urea groups is 1. The Morgan fingerprint density at radius 3 is 2.19 bits per heavy atom. The highest BCUT2D eigenvalue weighted by Crippen LogP contribution is 2.20. The van der Waals surface area contributed by atoms with Gasteiger partial charge in [-0.2, -0.15) is 0 Å². The van der Waals surface area contributed by atoms with E-state index in [1.165, 1.54) is 24.5 Å². The van der Waals surface area contributed by atoms with E-state index in [1.807, 2.05) is 19.1 Å². The number of benzene rings is 2. The molecule has 0 aliphatic rings. The predicted molar refractivity (Wildman–Crippen MR) is 123 cm³/mol. The van der Waals surface area contributed by atoms with Gasteiger partial charge in [0.05, 0.1) is 0 Å². The maximum Gasteiger partial charge on any atom is 0.323 e. The lowest BCUT2D eigenvalue weighted by atomic mass is 10.2. The molecule has 0 radical (unpaired) electrons. The second-order valence-corrected chi connectivity index (χ2v) is 6.92. The number of carbonyl (C=O) groups is 1. The summed E-state index contributed by atoms with van der Waals surface area (Å²) in [5.74, 6) is 1.48. The van der Waals surface area contributed by atoms with Gasteiger partial charge < -0.3 is 21.3 Å². The largest absolute Gasteiger partial charge is 0.340 e. The maximum absolute atomic E-state index is 13.2. The summed E-state index contributed by atoms with van der Waals surface area (Å²) in [6.45, 7) is 1.99. The fourth-order valence-corrected chi connectivity index (χ4v) is 2.87. The molecule has 0 fully saturated rings. The molecule has 0 unspecified atom stereocenters. The lowest BCUT2D eigenvalue weighted by Crippen LogP contribution is -2.19. The van der Waals surface area contributed by atoms with Gasteiger partial charge in [0.25, 0.3) is 0 Å². The molecule has 4 N–H and O–H groups in total. The monoisotopic (exact) mass is 429 g/mol. The molecule has 2 aromatic carbocycles. The number of rotatable bonds is 6. The average Bonchev–Trinajstić information content (AvgIpc) is 2.75. The minimum atomic E-state index is -0.465. The predicted octanol–water partition coefficient (Wildman–Crippen LogP) is 5.45. The van der Waals surface area contributed by atoms with Crippen LogP contribution in [0, 0.1) is 12.7 Å². The van der Waals surface area contributed by atoms with Crippen molar-refractivity contribution in [2.75, 3.05) is 21.3 Å². The summed E-state index contributed by atoms with van der Waals surface area (Å²) < 4.78 is 13.2. The number of halogens is 1. The van der Waals surface area contributed by atoms with Gasteiger partial charge in [0.2, 0.25) is 0 Å². The van der Waals surface area contributed by atoms with E-state index in [4.69, 9.17) is 0 Å². The number of anilines is 6. The molecule has 4 rings (SSSR count). The summed E-state index contributed by atoms with van der Waals surface area (Å²) in [7, 11) is 0. The fourth-order valence-electron chi connectivity index (χ4n) is 2.87. The van der Waals surface area contributed by atoms with Crippen LogP contribution >= 0.6 is 0 Å². The average molecular weight is 429 g/mol. The van der Waals surface area contributed by atoms with Crippen molar-refractivity contribution in [3.63, 3.8) is 0 Å². The molecule has 0 spiro atoms. The van der Waals surface area contributed by atoms with Crippen LogP contribution in [0.4, 0.5) is 43.7 Å². The first-order valence-corrected chi connectivity index (χ1v) is 9.76. The van der Waals surface area contributed by atoms with Crippen LogP contribution in [-0.2, 0) is 0 Å². The Balaban J connectivity index is 1.36. The molecular weight excluding hydrogens is 409 g/mol. The number of nitrogens with one attached hydrogen (secondary N) is 4. The third-order valence-electron chi connectivity index (χ3n) is 4.34. The number of carbonyl (C=O) groups excluding carboxylic acids is 1. The number of nitrogens with zero attached hydrogens (tertiary/aromatic N) is 3. The van der Waals surface area contributed by atoms with Crippen molar-refractivity contribution in [1.82, 2.24) is 15.0 Å². The molecule has 0 aliphatic heterocycles. The molecule has 0 saturated carbocycles. The van der Waals surface area contributed by atoms with E-state index in [0.717, 1.165) is 11.3 Å². The lowest BCUT2D eigenvalue weighted by molar-refractivity contribution is 0.262. The van der Waals surface area contributed by atoms with Crippen LogP contribution in [0.1, 0.15) is 5.56 Å². The molecule has 2 heterocycles. The molecule has 0 atom stereocenters. The van der Waals surface area contributed by atoms with E-state index < -0.39 is 11.8 Å². The van der Waals surface area contributed by atoms with Crippen molar-refractivity contribution >= 4 is 40.5 Å². The van der Waals surface area contributed by atoms with E-state index in [9.17, 15) is 9.18 Å². The third kappa shape index (κ3) is 5.76. The molecule has 160 valence electrons. The lowest BCUT2D eigenvalue weighted by Gasteiger charge is -2.10. The van der Waals surface area contributed by atoms with Crippen LogP contribution in [-0.4, -0.2) is 21.0 Å². The molecule has 4 aromatic rings. The first-order valence-electron chi connectivity index (χ1n) is 9.76. The number of hydrogen-bond donors (Lipinski definition) is 4. The SMILES string of the molecule is Cc1ccnc(Nc2cc(Nc3ccc(NC(=O)Nc4cccc(F)c4)cc3)ncn2)c1. The van der Waals surface area contributed by atoms with Gasteiger partial charge in [-0.15, -0.1) is 0 Å². The quantitative estimate of drug-likeness (QED) is 0.325. The van der Waals surface area contributed by atoms with Gasteiger partial charge in [0.15, 0.2) is 0 Å². The molecule has 2 aromatic heterocycles. The van der Waals surface area contributed by atoms with E-state index in [-0.39, 0.29) is 0 Å². The Morgan fingerprint density at radius 2 is 1.44 bits per heavy atom. The van der Waals surface area contributed by atoms with Crippen molar-refractivity contribution in [3.05, 3.63) is 90.6 Å². The van der Waals surface area contributed by atoms with E-state index in [1.54, 1.807) is 42.6 Å². The van der Waals surface area contributed by atoms with Crippen molar-refractivity contribution in [2.45, 2.75) is 6.92 Å². The van der Waals surface area contributed by atoms with E-state index in [0.29, 0.717) is 28.8 Å². The van der Waals surface area contributed by atoms with Crippen LogP contribution in [0.15, 0.2) is 79.3 Å². The molecule has 0 saturated heterocycles. The topological polar surface area (TPSA) is 104 Å². The summed E-state index contributed by atoms with van der Waals surface area (Å²) in [6.07, 6.45) is 3.18. The first kappa shape index (κ1) is 20.7. The van der Waals surface area contributed by atoms with Gasteiger partial charge in [0, 0.05) is 29.3 Å². The normalized spacial score (nSPS) is 10.3. The Morgan fingerprint density at radius 1 is 0.750 bits per heavy atom. The number of aryl methyl sites for hydroxylation is 1. The summed E-state index contributed by atoms with van der Waals surface area (Å²) >= 11 is 0. The van der Waals surface area contributed by atoms with Crippen molar-refractivity contribution in [3.8, 4) is 0 Å². The Bertz CT molecular complexity index is 1230. The highest BCUT2D eigenvalue weighted by Gasteiger charge is 2.05. The standard InChI is InChI=1S/C23H20FN7O/c1-15-9-10-25-20(11-15)31-22-13-21(26-14-27-22)28-17-5-7-18(8-6-17)29-23(32)30-19-4-2-3-16(24)12-19/h2-14H,1H3,(H2,29,30,32)(H2,25,26,27,28,31). The third-order valence-corrected chi connectivity index (χ3v) is 4.34. The van der Waals surface area contributed by atoms with E-state index in [2.05, 4.69) is 36.2 Å². The van der Waals surface area contributed by atoms with Gasteiger partial charge in [-0.05, 0) is 67.1 Å². The Hall–Kier alpha value is -4.53. The highest BCUT2D eigenvalue weighted by molar-refractivity contribution is 5.99. The molecule has 2 amide bonds. The first-order chi connectivity index (χ1) is 15.5. The molecule has 8 nitrogen and oxygen atoms in total. The number of pyridine rings is 1. The van der Waals surface area contributed by atoms with Gasteiger partial charge in [0.1, 0.15) is 29.6 Å². The zero-order valence-electron chi connectivity index (χ0n) is 17.1. The smallest absolute Gasteiger partial charge is 0.323 e. The molecule has 9 heteroatoms. The number of amides is 2. The summed E-state index contributed by atoms with van der Waals surface area (Å²) in [5, 5.41) is 11.6.